The van der Waals surface area contributed by atoms with Gasteiger partial charge in [-0.15, -0.1) is 0 Å². The highest BCUT2D eigenvalue weighted by Crippen LogP contribution is 2.36. The third kappa shape index (κ3) is 5.40. The molecule has 0 radical (unpaired) electrons. The van der Waals surface area contributed by atoms with E-state index in [-0.39, 0.29) is 5.91 Å². The van der Waals surface area contributed by atoms with Crippen LogP contribution in [-0.4, -0.2) is 74.9 Å². The number of ether oxygens (including phenoxy) is 3. The lowest BCUT2D eigenvalue weighted by Gasteiger charge is -2.35. The average molecular weight is 409 g/mol. The summed E-state index contributed by atoms with van der Waals surface area (Å²) in [5.41, 5.74) is 0.805. The molecule has 7 heteroatoms. The van der Waals surface area contributed by atoms with E-state index >= 15 is 0 Å². The van der Waals surface area contributed by atoms with E-state index in [0.29, 0.717) is 29.2 Å². The van der Waals surface area contributed by atoms with Crippen molar-refractivity contribution in [3.63, 3.8) is 0 Å². The van der Waals surface area contributed by atoms with Crippen LogP contribution in [0.3, 0.4) is 0 Å². The molecule has 0 spiro atoms. The third-order valence-electron chi connectivity index (χ3n) is 5.12. The molecule has 2 saturated heterocycles. The van der Waals surface area contributed by atoms with Crippen LogP contribution in [0.2, 0.25) is 5.02 Å². The van der Waals surface area contributed by atoms with Crippen LogP contribution in [0.15, 0.2) is 18.2 Å². The lowest BCUT2D eigenvalue weighted by Crippen LogP contribution is -2.50. The second-order valence-electron chi connectivity index (χ2n) is 7.06. The molecule has 0 N–H and O–H groups in total. The number of carbonyl (C=O) groups is 1. The fourth-order valence-corrected chi connectivity index (χ4v) is 3.94. The average Bonchev–Trinajstić information content (AvgIpc) is 3.20. The summed E-state index contributed by atoms with van der Waals surface area (Å²) in [6, 6.07) is 3.60. The van der Waals surface area contributed by atoms with Crippen LogP contribution < -0.4 is 9.47 Å². The minimum atomic E-state index is 0.0154. The highest BCUT2D eigenvalue weighted by atomic mass is 35.5. The van der Waals surface area contributed by atoms with E-state index in [9.17, 15) is 4.79 Å². The summed E-state index contributed by atoms with van der Waals surface area (Å²) < 4.78 is 16.6. The Morgan fingerprint density at radius 2 is 2.11 bits per heavy atom. The molecule has 154 valence electrons. The number of piperazine rings is 1. The number of hydrogen-bond donors (Lipinski definition) is 0. The van der Waals surface area contributed by atoms with E-state index in [1.807, 2.05) is 17.9 Å². The van der Waals surface area contributed by atoms with Crippen molar-refractivity contribution in [2.45, 2.75) is 25.9 Å². The van der Waals surface area contributed by atoms with E-state index in [0.717, 1.165) is 57.7 Å². The van der Waals surface area contributed by atoms with Gasteiger partial charge in [0.05, 0.1) is 24.8 Å². The first kappa shape index (κ1) is 21.0. The van der Waals surface area contributed by atoms with Gasteiger partial charge in [-0.05, 0) is 43.5 Å². The summed E-state index contributed by atoms with van der Waals surface area (Å²) in [7, 11) is 1.56. The maximum atomic E-state index is 12.5. The Kier molecular flexibility index (Phi) is 7.59. The van der Waals surface area contributed by atoms with Crippen LogP contribution in [0.1, 0.15) is 25.3 Å². The highest BCUT2D eigenvalue weighted by molar-refractivity contribution is 6.32. The smallest absolute Gasteiger partial charge is 0.246 e. The molecule has 0 aliphatic carbocycles. The minimum absolute atomic E-state index is 0.0154. The van der Waals surface area contributed by atoms with Gasteiger partial charge in [0, 0.05) is 45.4 Å². The fourth-order valence-electron chi connectivity index (χ4n) is 3.65. The Bertz CT molecular complexity index is 696. The number of hydrogen-bond acceptors (Lipinski definition) is 5. The molecule has 1 amide bonds. The number of benzene rings is 1. The lowest BCUT2D eigenvalue weighted by molar-refractivity contribution is -0.127. The molecule has 2 aliphatic rings. The standard InChI is InChI=1S/C21H29ClN2O4/c1-3-27-19-14-16(13-18(22)21(19)26-2)6-7-20(25)24-10-8-23(9-11-24)15-17-5-4-12-28-17/h6-7,13-14,17H,3-5,8-12,15H2,1-2H3. The van der Waals surface area contributed by atoms with Crippen molar-refractivity contribution < 1.29 is 19.0 Å². The quantitative estimate of drug-likeness (QED) is 0.649. The van der Waals surface area contributed by atoms with E-state index in [1.165, 1.54) is 0 Å². The first-order valence-corrected chi connectivity index (χ1v) is 10.3. The molecule has 1 atom stereocenters. The van der Waals surface area contributed by atoms with Gasteiger partial charge in [-0.25, -0.2) is 0 Å². The lowest BCUT2D eigenvalue weighted by atomic mass is 10.1. The summed E-state index contributed by atoms with van der Waals surface area (Å²) in [6.45, 7) is 7.53. The van der Waals surface area contributed by atoms with Gasteiger partial charge < -0.3 is 19.1 Å². The van der Waals surface area contributed by atoms with Gasteiger partial charge in [0.25, 0.3) is 0 Å². The van der Waals surface area contributed by atoms with Crippen LogP contribution in [0, 0.1) is 0 Å². The SMILES string of the molecule is CCOc1cc(C=CC(=O)N2CCN(CC3CCCO3)CC2)cc(Cl)c1OC. The molecule has 2 heterocycles. The highest BCUT2D eigenvalue weighted by Gasteiger charge is 2.24. The number of carbonyl (C=O) groups excluding carboxylic acids is 1. The zero-order valence-corrected chi connectivity index (χ0v) is 17.4. The zero-order chi connectivity index (χ0) is 19.9. The van der Waals surface area contributed by atoms with Crippen molar-refractivity contribution >= 4 is 23.6 Å². The molecular weight excluding hydrogens is 380 g/mol. The normalized spacial score (nSPS) is 20.7. The van der Waals surface area contributed by atoms with Crippen molar-refractivity contribution in [1.29, 1.82) is 0 Å². The van der Waals surface area contributed by atoms with E-state index in [4.69, 9.17) is 25.8 Å². The van der Waals surface area contributed by atoms with Crippen molar-refractivity contribution in [2.75, 3.05) is 53.0 Å². The van der Waals surface area contributed by atoms with Crippen LogP contribution in [-0.2, 0) is 9.53 Å². The van der Waals surface area contributed by atoms with Gasteiger partial charge in [0.1, 0.15) is 0 Å². The Labute approximate surface area is 172 Å². The molecule has 2 fully saturated rings. The number of amides is 1. The maximum Gasteiger partial charge on any atom is 0.246 e. The summed E-state index contributed by atoms with van der Waals surface area (Å²) in [6.07, 6.45) is 6.05. The Morgan fingerprint density at radius 1 is 1.32 bits per heavy atom. The molecule has 0 bridgehead atoms. The molecular formula is C21H29ClN2O4. The molecule has 6 nitrogen and oxygen atoms in total. The summed E-state index contributed by atoms with van der Waals surface area (Å²) in [5, 5.41) is 0.461. The molecule has 1 unspecified atom stereocenters. The van der Waals surface area contributed by atoms with E-state index < -0.39 is 0 Å². The largest absolute Gasteiger partial charge is 0.491 e. The molecule has 1 aromatic carbocycles. The fraction of sp³-hybridized carbons (Fsp3) is 0.571. The molecule has 3 rings (SSSR count). The predicted octanol–water partition coefficient (Wildman–Crippen LogP) is 3.08. The Balaban J connectivity index is 1.55. The predicted molar refractivity (Wildman–Crippen MR) is 110 cm³/mol. The monoisotopic (exact) mass is 408 g/mol. The molecule has 2 aliphatic heterocycles. The van der Waals surface area contributed by atoms with E-state index in [2.05, 4.69) is 4.90 Å². The summed E-state index contributed by atoms with van der Waals surface area (Å²) in [4.78, 5) is 16.8. The van der Waals surface area contributed by atoms with Crippen molar-refractivity contribution in [3.05, 3.63) is 28.8 Å². The summed E-state index contributed by atoms with van der Waals surface area (Å²) in [5.74, 6) is 1.10. The second kappa shape index (κ2) is 10.1. The van der Waals surface area contributed by atoms with Crippen molar-refractivity contribution in [1.82, 2.24) is 9.80 Å². The van der Waals surface area contributed by atoms with Gasteiger partial charge in [-0.3, -0.25) is 9.69 Å². The second-order valence-corrected chi connectivity index (χ2v) is 7.47. The van der Waals surface area contributed by atoms with E-state index in [1.54, 1.807) is 25.3 Å². The number of methoxy groups -OCH3 is 1. The molecule has 28 heavy (non-hydrogen) atoms. The van der Waals surface area contributed by atoms with Crippen LogP contribution in [0.4, 0.5) is 0 Å². The van der Waals surface area contributed by atoms with Crippen molar-refractivity contribution in [3.8, 4) is 11.5 Å². The number of nitrogens with zero attached hydrogens (tertiary/aromatic N) is 2. The van der Waals surface area contributed by atoms with Crippen LogP contribution >= 0.6 is 11.6 Å². The van der Waals surface area contributed by atoms with Crippen LogP contribution in [0.25, 0.3) is 6.08 Å². The van der Waals surface area contributed by atoms with Gasteiger partial charge in [0.2, 0.25) is 5.91 Å². The Morgan fingerprint density at radius 3 is 2.75 bits per heavy atom. The molecule has 0 aromatic heterocycles. The molecule has 0 saturated carbocycles. The third-order valence-corrected chi connectivity index (χ3v) is 5.40. The first-order valence-electron chi connectivity index (χ1n) is 9.92. The van der Waals surface area contributed by atoms with Crippen LogP contribution in [0.5, 0.6) is 11.5 Å². The Hall–Kier alpha value is -1.76. The molecule has 1 aromatic rings. The first-order chi connectivity index (χ1) is 13.6. The van der Waals surface area contributed by atoms with Gasteiger partial charge in [-0.1, -0.05) is 11.6 Å². The van der Waals surface area contributed by atoms with Gasteiger partial charge >= 0.3 is 0 Å². The van der Waals surface area contributed by atoms with Gasteiger partial charge in [0.15, 0.2) is 11.5 Å². The zero-order valence-electron chi connectivity index (χ0n) is 16.7. The number of halogens is 1. The van der Waals surface area contributed by atoms with Crippen molar-refractivity contribution in [2.24, 2.45) is 0 Å². The topological polar surface area (TPSA) is 51.2 Å². The number of rotatable bonds is 7. The summed E-state index contributed by atoms with van der Waals surface area (Å²) >= 11 is 6.27. The van der Waals surface area contributed by atoms with Gasteiger partial charge in [-0.2, -0.15) is 0 Å². The minimum Gasteiger partial charge on any atom is -0.491 e. The maximum absolute atomic E-state index is 12.5.